The second-order valence-corrected chi connectivity index (χ2v) is 6.59. The Morgan fingerprint density at radius 3 is 2.35 bits per heavy atom. The van der Waals surface area contributed by atoms with Gasteiger partial charge in [0.05, 0.1) is 6.54 Å². The van der Waals surface area contributed by atoms with Gasteiger partial charge in [0.25, 0.3) is 0 Å². The zero-order valence-electron chi connectivity index (χ0n) is 12.3. The van der Waals surface area contributed by atoms with Crippen LogP contribution >= 0.6 is 0 Å². The number of carbonyl (C=O) groups is 1. The molecule has 0 amide bonds. The van der Waals surface area contributed by atoms with E-state index in [1.807, 2.05) is 6.92 Å². The van der Waals surface area contributed by atoms with E-state index in [2.05, 4.69) is 32.7 Å². The Hall–Kier alpha value is -0.370. The van der Waals surface area contributed by atoms with Crippen molar-refractivity contribution in [2.24, 2.45) is 11.3 Å². The van der Waals surface area contributed by atoms with Gasteiger partial charge in [-0.05, 0) is 44.6 Å². The third kappa shape index (κ3) is 4.42. The van der Waals surface area contributed by atoms with E-state index in [1.54, 1.807) is 0 Å². The molecule has 0 saturated heterocycles. The van der Waals surface area contributed by atoms with Gasteiger partial charge in [-0.2, -0.15) is 0 Å². The van der Waals surface area contributed by atoms with Crippen LogP contribution in [-0.4, -0.2) is 30.3 Å². The van der Waals surface area contributed by atoms with Crippen LogP contribution in [0, 0.1) is 11.3 Å². The summed E-state index contributed by atoms with van der Waals surface area (Å²) in [6, 6.07) is 0.621. The summed E-state index contributed by atoms with van der Waals surface area (Å²) in [5.74, 6) is 0.623. The number of Topliss-reactive ketones (excluding diaryl/α,β-unsaturated/α-hetero) is 1. The molecule has 0 radical (unpaired) electrons. The molecule has 1 unspecified atom stereocenters. The third-order valence-electron chi connectivity index (χ3n) is 4.50. The van der Waals surface area contributed by atoms with E-state index < -0.39 is 0 Å². The molecule has 0 heterocycles. The SMILES string of the molecule is CCC(C)C(=O)CN(C)C1CCC(C)(C)CC1. The molecule has 1 atom stereocenters. The van der Waals surface area contributed by atoms with E-state index in [1.165, 1.54) is 25.7 Å². The van der Waals surface area contributed by atoms with Crippen molar-refractivity contribution >= 4 is 5.78 Å². The van der Waals surface area contributed by atoms with Crippen molar-refractivity contribution in [3.8, 4) is 0 Å². The van der Waals surface area contributed by atoms with Crippen LogP contribution < -0.4 is 0 Å². The number of rotatable bonds is 5. The highest BCUT2D eigenvalue weighted by Crippen LogP contribution is 2.36. The molecule has 0 aliphatic heterocycles. The molecule has 0 aromatic heterocycles. The first-order chi connectivity index (χ1) is 7.85. The first kappa shape index (κ1) is 14.7. The van der Waals surface area contributed by atoms with E-state index in [0.29, 0.717) is 23.8 Å². The van der Waals surface area contributed by atoms with Crippen LogP contribution in [0.15, 0.2) is 0 Å². The van der Waals surface area contributed by atoms with Gasteiger partial charge >= 0.3 is 0 Å². The van der Waals surface area contributed by atoms with Crippen LogP contribution in [0.4, 0.5) is 0 Å². The van der Waals surface area contributed by atoms with E-state index in [9.17, 15) is 4.79 Å². The Kier molecular flexibility index (Phi) is 5.18. The fourth-order valence-corrected chi connectivity index (χ4v) is 2.58. The molecule has 0 N–H and O–H groups in total. The van der Waals surface area contributed by atoms with Crippen molar-refractivity contribution in [1.29, 1.82) is 0 Å². The van der Waals surface area contributed by atoms with E-state index >= 15 is 0 Å². The topological polar surface area (TPSA) is 20.3 Å². The molecule has 2 nitrogen and oxygen atoms in total. The highest BCUT2D eigenvalue weighted by molar-refractivity contribution is 5.82. The lowest BCUT2D eigenvalue weighted by Gasteiger charge is -2.38. The summed E-state index contributed by atoms with van der Waals surface area (Å²) in [7, 11) is 2.11. The molecule has 1 aliphatic rings. The second-order valence-electron chi connectivity index (χ2n) is 6.59. The summed E-state index contributed by atoms with van der Waals surface area (Å²) in [6.45, 7) is 9.48. The normalized spacial score (nSPS) is 22.7. The van der Waals surface area contributed by atoms with Gasteiger partial charge < -0.3 is 0 Å². The van der Waals surface area contributed by atoms with Gasteiger partial charge in [0, 0.05) is 12.0 Å². The summed E-state index contributed by atoms with van der Waals surface area (Å²) in [4.78, 5) is 14.2. The van der Waals surface area contributed by atoms with Crippen LogP contribution in [0.1, 0.15) is 59.8 Å². The van der Waals surface area contributed by atoms with Crippen LogP contribution in [0.5, 0.6) is 0 Å². The molecule has 1 saturated carbocycles. The standard InChI is InChI=1S/C15H29NO/c1-6-12(2)14(17)11-16(5)13-7-9-15(3,4)10-8-13/h12-13H,6-11H2,1-5H3. The highest BCUT2D eigenvalue weighted by atomic mass is 16.1. The first-order valence-corrected chi connectivity index (χ1v) is 7.08. The summed E-state index contributed by atoms with van der Waals surface area (Å²) >= 11 is 0. The molecule has 0 aromatic rings. The maximum absolute atomic E-state index is 11.9. The van der Waals surface area contributed by atoms with Crippen molar-refractivity contribution in [1.82, 2.24) is 4.90 Å². The van der Waals surface area contributed by atoms with Gasteiger partial charge in [0.1, 0.15) is 5.78 Å². The first-order valence-electron chi connectivity index (χ1n) is 7.08. The average Bonchev–Trinajstić information content (AvgIpc) is 2.27. The van der Waals surface area contributed by atoms with Gasteiger partial charge in [0.2, 0.25) is 0 Å². The largest absolute Gasteiger partial charge is 0.298 e. The quantitative estimate of drug-likeness (QED) is 0.732. The molecule has 2 heteroatoms. The minimum absolute atomic E-state index is 0.220. The summed E-state index contributed by atoms with van der Waals surface area (Å²) < 4.78 is 0. The molecule has 1 aliphatic carbocycles. The minimum atomic E-state index is 0.220. The smallest absolute Gasteiger partial charge is 0.149 e. The van der Waals surface area contributed by atoms with Crippen molar-refractivity contribution in [3.63, 3.8) is 0 Å². The zero-order chi connectivity index (χ0) is 13.1. The Labute approximate surface area is 107 Å². The average molecular weight is 239 g/mol. The molecule has 17 heavy (non-hydrogen) atoms. The fourth-order valence-electron chi connectivity index (χ4n) is 2.58. The number of carbonyl (C=O) groups excluding carboxylic acids is 1. The summed E-state index contributed by atoms with van der Waals surface area (Å²) in [6.07, 6.45) is 6.04. The maximum Gasteiger partial charge on any atom is 0.149 e. The van der Waals surface area contributed by atoms with Crippen molar-refractivity contribution in [2.45, 2.75) is 65.8 Å². The van der Waals surface area contributed by atoms with Crippen LogP contribution in [0.2, 0.25) is 0 Å². The molecule has 1 rings (SSSR count). The third-order valence-corrected chi connectivity index (χ3v) is 4.50. The molecule has 0 bridgehead atoms. The fraction of sp³-hybridized carbons (Fsp3) is 0.933. The number of nitrogens with zero attached hydrogens (tertiary/aromatic N) is 1. The lowest BCUT2D eigenvalue weighted by Crippen LogP contribution is -2.40. The predicted molar refractivity (Wildman–Crippen MR) is 73.1 cm³/mol. The molecular formula is C15H29NO. The van der Waals surface area contributed by atoms with E-state index in [4.69, 9.17) is 0 Å². The number of ketones is 1. The van der Waals surface area contributed by atoms with Crippen LogP contribution in [0.25, 0.3) is 0 Å². The van der Waals surface area contributed by atoms with Gasteiger partial charge in [0.15, 0.2) is 0 Å². The Bertz CT molecular complexity index is 250. The van der Waals surface area contributed by atoms with Gasteiger partial charge in [-0.15, -0.1) is 0 Å². The molecule has 1 fully saturated rings. The Morgan fingerprint density at radius 1 is 1.35 bits per heavy atom. The van der Waals surface area contributed by atoms with Gasteiger partial charge in [-0.1, -0.05) is 27.7 Å². The lowest BCUT2D eigenvalue weighted by atomic mass is 9.75. The van der Waals surface area contributed by atoms with E-state index in [0.717, 1.165) is 6.42 Å². The number of hydrogen-bond acceptors (Lipinski definition) is 2. The summed E-state index contributed by atoms with van der Waals surface area (Å²) in [5.41, 5.74) is 0.512. The maximum atomic E-state index is 11.9. The molecule has 0 spiro atoms. The van der Waals surface area contributed by atoms with Gasteiger partial charge in [-0.25, -0.2) is 0 Å². The summed E-state index contributed by atoms with van der Waals surface area (Å²) in [5, 5.41) is 0. The Morgan fingerprint density at radius 2 is 1.88 bits per heavy atom. The van der Waals surface area contributed by atoms with Crippen molar-refractivity contribution < 1.29 is 4.79 Å². The highest BCUT2D eigenvalue weighted by Gasteiger charge is 2.29. The molecule has 100 valence electrons. The second kappa shape index (κ2) is 5.99. The number of hydrogen-bond donors (Lipinski definition) is 0. The number of likely N-dealkylation sites (N-methyl/N-ethyl adjacent to an activating group) is 1. The van der Waals surface area contributed by atoms with Crippen LogP contribution in [-0.2, 0) is 4.79 Å². The monoisotopic (exact) mass is 239 g/mol. The molecule has 0 aromatic carbocycles. The van der Waals surface area contributed by atoms with E-state index in [-0.39, 0.29) is 5.92 Å². The predicted octanol–water partition coefficient (Wildman–Crippen LogP) is 3.50. The van der Waals surface area contributed by atoms with Crippen molar-refractivity contribution in [3.05, 3.63) is 0 Å². The molecular weight excluding hydrogens is 210 g/mol. The van der Waals surface area contributed by atoms with Crippen LogP contribution in [0.3, 0.4) is 0 Å². The zero-order valence-corrected chi connectivity index (χ0v) is 12.3. The lowest BCUT2D eigenvalue weighted by molar-refractivity contribution is -0.124. The van der Waals surface area contributed by atoms with Crippen molar-refractivity contribution in [2.75, 3.05) is 13.6 Å². The Balaban J connectivity index is 2.39. The van der Waals surface area contributed by atoms with Gasteiger partial charge in [-0.3, -0.25) is 9.69 Å². The minimum Gasteiger partial charge on any atom is -0.298 e.